The number of nitrogens with one attached hydrogen (secondary N) is 1. The second-order valence-electron chi connectivity index (χ2n) is 5.48. The van der Waals surface area contributed by atoms with Gasteiger partial charge in [0.05, 0.1) is 0 Å². The Bertz CT molecular complexity index is 849. The number of amides is 1. The second-order valence-corrected chi connectivity index (χ2v) is 5.48. The van der Waals surface area contributed by atoms with Crippen molar-refractivity contribution in [1.29, 1.82) is 0 Å². The molecule has 0 radical (unpaired) electrons. The fourth-order valence-electron chi connectivity index (χ4n) is 2.36. The molecule has 2 aromatic carbocycles. The molecule has 0 unspecified atom stereocenters. The van der Waals surface area contributed by atoms with Crippen LogP contribution in [0, 0.1) is 6.92 Å². The average molecular weight is 318 g/mol. The van der Waals surface area contributed by atoms with Crippen LogP contribution in [0.1, 0.15) is 16.1 Å². The van der Waals surface area contributed by atoms with Crippen LogP contribution in [0.5, 0.6) is 0 Å². The topological polar surface area (TPSA) is 58.1 Å². The minimum Gasteiger partial charge on any atom is -0.329 e. The molecule has 0 bridgehead atoms. The molecule has 1 N–H and O–H groups in total. The molecule has 0 saturated carbocycles. The molecule has 0 atom stereocenters. The van der Waals surface area contributed by atoms with Crippen LogP contribution < -0.4 is 10.2 Å². The van der Waals surface area contributed by atoms with Crippen molar-refractivity contribution in [3.63, 3.8) is 0 Å². The molecule has 5 nitrogen and oxygen atoms in total. The quantitative estimate of drug-likeness (QED) is 0.795. The maximum Gasteiger partial charge on any atom is 0.274 e. The van der Waals surface area contributed by atoms with E-state index in [9.17, 15) is 4.79 Å². The van der Waals surface area contributed by atoms with Gasteiger partial charge in [-0.15, -0.1) is 0 Å². The van der Waals surface area contributed by atoms with Gasteiger partial charge in [0, 0.05) is 24.5 Å². The van der Waals surface area contributed by atoms with Crippen LogP contribution in [0.2, 0.25) is 0 Å². The summed E-state index contributed by atoms with van der Waals surface area (Å²) in [6.07, 6.45) is 1.40. The van der Waals surface area contributed by atoms with Crippen LogP contribution >= 0.6 is 0 Å². The maximum absolute atomic E-state index is 12.4. The number of anilines is 3. The van der Waals surface area contributed by atoms with Crippen molar-refractivity contribution in [2.24, 2.45) is 0 Å². The third-order valence-electron chi connectivity index (χ3n) is 3.65. The largest absolute Gasteiger partial charge is 0.329 e. The van der Waals surface area contributed by atoms with Gasteiger partial charge in [-0.3, -0.25) is 4.79 Å². The molecule has 0 fully saturated rings. The van der Waals surface area contributed by atoms with E-state index in [1.165, 1.54) is 6.33 Å². The van der Waals surface area contributed by atoms with Gasteiger partial charge in [-0.25, -0.2) is 9.97 Å². The third kappa shape index (κ3) is 3.57. The summed E-state index contributed by atoms with van der Waals surface area (Å²) < 4.78 is 0. The number of nitrogens with zero attached hydrogens (tertiary/aromatic N) is 3. The van der Waals surface area contributed by atoms with Crippen molar-refractivity contribution in [2.45, 2.75) is 6.92 Å². The minimum atomic E-state index is -0.259. The van der Waals surface area contributed by atoms with E-state index in [2.05, 4.69) is 15.3 Å². The molecule has 1 amide bonds. The SMILES string of the molecule is Cc1cccc(NC(=O)c2cc(N(C)c3ccccc3)ncn2)c1. The normalized spacial score (nSPS) is 10.2. The minimum absolute atomic E-state index is 0.259. The summed E-state index contributed by atoms with van der Waals surface area (Å²) in [5.74, 6) is 0.399. The predicted octanol–water partition coefficient (Wildman–Crippen LogP) is 3.81. The number of aromatic nitrogens is 2. The van der Waals surface area contributed by atoms with Gasteiger partial charge in [0.25, 0.3) is 5.91 Å². The van der Waals surface area contributed by atoms with Gasteiger partial charge in [-0.2, -0.15) is 0 Å². The first-order chi connectivity index (χ1) is 11.6. The standard InChI is InChI=1S/C19H18N4O/c1-14-7-6-8-15(11-14)22-19(24)17-12-18(21-13-20-17)23(2)16-9-4-3-5-10-16/h3-13H,1-2H3,(H,22,24). The third-order valence-corrected chi connectivity index (χ3v) is 3.65. The Morgan fingerprint density at radius 2 is 1.79 bits per heavy atom. The average Bonchev–Trinajstić information content (AvgIpc) is 2.62. The summed E-state index contributed by atoms with van der Waals surface area (Å²) >= 11 is 0. The smallest absolute Gasteiger partial charge is 0.274 e. The highest BCUT2D eigenvalue weighted by molar-refractivity contribution is 6.03. The summed E-state index contributed by atoms with van der Waals surface area (Å²) in [4.78, 5) is 22.7. The molecule has 24 heavy (non-hydrogen) atoms. The number of hydrogen-bond donors (Lipinski definition) is 1. The number of benzene rings is 2. The highest BCUT2D eigenvalue weighted by Gasteiger charge is 2.12. The van der Waals surface area contributed by atoms with E-state index in [4.69, 9.17) is 0 Å². The van der Waals surface area contributed by atoms with Crippen LogP contribution in [0.25, 0.3) is 0 Å². The Balaban J connectivity index is 1.81. The number of hydrogen-bond acceptors (Lipinski definition) is 4. The van der Waals surface area contributed by atoms with Gasteiger partial charge < -0.3 is 10.2 Å². The van der Waals surface area contributed by atoms with Gasteiger partial charge >= 0.3 is 0 Å². The molecule has 0 aliphatic heterocycles. The highest BCUT2D eigenvalue weighted by Crippen LogP contribution is 2.21. The fraction of sp³-hybridized carbons (Fsp3) is 0.105. The van der Waals surface area contributed by atoms with Crippen LogP contribution in [-0.2, 0) is 0 Å². The van der Waals surface area contributed by atoms with Gasteiger partial charge in [0.2, 0.25) is 0 Å². The first-order valence-electron chi connectivity index (χ1n) is 7.62. The lowest BCUT2D eigenvalue weighted by atomic mass is 10.2. The second kappa shape index (κ2) is 6.91. The number of carbonyl (C=O) groups is 1. The molecule has 5 heteroatoms. The monoisotopic (exact) mass is 318 g/mol. The van der Waals surface area contributed by atoms with Crippen molar-refractivity contribution in [1.82, 2.24) is 9.97 Å². The van der Waals surface area contributed by atoms with Crippen LogP contribution in [0.15, 0.2) is 67.0 Å². The molecule has 120 valence electrons. The van der Waals surface area contributed by atoms with Crippen molar-refractivity contribution in [3.8, 4) is 0 Å². The molecule has 1 aromatic heterocycles. The number of rotatable bonds is 4. The Kier molecular flexibility index (Phi) is 4.52. The first kappa shape index (κ1) is 15.7. The zero-order valence-corrected chi connectivity index (χ0v) is 13.6. The van der Waals surface area contributed by atoms with E-state index in [0.717, 1.165) is 16.9 Å². The predicted molar refractivity (Wildman–Crippen MR) is 95.7 cm³/mol. The Morgan fingerprint density at radius 1 is 1.00 bits per heavy atom. The summed E-state index contributed by atoms with van der Waals surface area (Å²) in [7, 11) is 1.90. The number of carbonyl (C=O) groups excluding carboxylic acids is 1. The maximum atomic E-state index is 12.4. The first-order valence-corrected chi connectivity index (χ1v) is 7.62. The summed E-state index contributed by atoms with van der Waals surface area (Å²) in [5.41, 5.74) is 3.14. The molecule has 3 aromatic rings. The molecule has 0 aliphatic rings. The van der Waals surface area contributed by atoms with Crippen LogP contribution in [-0.4, -0.2) is 22.9 Å². The zero-order chi connectivity index (χ0) is 16.9. The van der Waals surface area contributed by atoms with E-state index in [0.29, 0.717) is 11.5 Å². The Labute approximate surface area is 141 Å². The zero-order valence-electron chi connectivity index (χ0n) is 13.6. The van der Waals surface area contributed by atoms with Gasteiger partial charge in [-0.1, -0.05) is 30.3 Å². The van der Waals surface area contributed by atoms with Crippen molar-refractivity contribution < 1.29 is 4.79 Å². The number of para-hydroxylation sites is 1. The summed E-state index contributed by atoms with van der Waals surface area (Å²) in [6, 6.07) is 19.2. The lowest BCUT2D eigenvalue weighted by Crippen LogP contribution is -2.17. The van der Waals surface area contributed by atoms with E-state index in [1.54, 1.807) is 6.07 Å². The molecular formula is C19H18N4O. The molecule has 0 saturated heterocycles. The molecule has 0 spiro atoms. The van der Waals surface area contributed by atoms with Crippen LogP contribution in [0.4, 0.5) is 17.2 Å². The number of aryl methyl sites for hydroxylation is 1. The lowest BCUT2D eigenvalue weighted by Gasteiger charge is -2.18. The van der Waals surface area contributed by atoms with Gasteiger partial charge in [-0.05, 0) is 36.8 Å². The molecule has 3 rings (SSSR count). The van der Waals surface area contributed by atoms with Crippen molar-refractivity contribution in [2.75, 3.05) is 17.3 Å². The van der Waals surface area contributed by atoms with E-state index in [1.807, 2.05) is 73.5 Å². The molecular weight excluding hydrogens is 300 g/mol. The summed E-state index contributed by atoms with van der Waals surface area (Å²) in [5, 5.41) is 2.86. The highest BCUT2D eigenvalue weighted by atomic mass is 16.1. The molecule has 1 heterocycles. The van der Waals surface area contributed by atoms with E-state index < -0.39 is 0 Å². The van der Waals surface area contributed by atoms with Gasteiger partial charge in [0.1, 0.15) is 17.8 Å². The summed E-state index contributed by atoms with van der Waals surface area (Å²) in [6.45, 7) is 1.98. The van der Waals surface area contributed by atoms with Gasteiger partial charge in [0.15, 0.2) is 0 Å². The van der Waals surface area contributed by atoms with E-state index >= 15 is 0 Å². The lowest BCUT2D eigenvalue weighted by molar-refractivity contribution is 0.102. The Morgan fingerprint density at radius 3 is 2.54 bits per heavy atom. The fourth-order valence-corrected chi connectivity index (χ4v) is 2.36. The van der Waals surface area contributed by atoms with Crippen molar-refractivity contribution >= 4 is 23.1 Å². The Hall–Kier alpha value is -3.21. The van der Waals surface area contributed by atoms with E-state index in [-0.39, 0.29) is 5.91 Å². The van der Waals surface area contributed by atoms with Crippen LogP contribution in [0.3, 0.4) is 0 Å². The van der Waals surface area contributed by atoms with Crippen molar-refractivity contribution in [3.05, 3.63) is 78.2 Å². The molecule has 0 aliphatic carbocycles.